The van der Waals surface area contributed by atoms with E-state index >= 15 is 0 Å². The fourth-order valence-electron chi connectivity index (χ4n) is 1.20. The van der Waals surface area contributed by atoms with Crippen molar-refractivity contribution in [2.75, 3.05) is 0 Å². The van der Waals surface area contributed by atoms with E-state index < -0.39 is 0 Å². The van der Waals surface area contributed by atoms with E-state index in [2.05, 4.69) is 42.5 Å². The van der Waals surface area contributed by atoms with Crippen molar-refractivity contribution in [3.8, 4) is 0 Å². The average molecular weight is 344 g/mol. The molecule has 6 heteroatoms. The Hall–Kier alpha value is -0.760. The van der Waals surface area contributed by atoms with Crippen molar-refractivity contribution in [2.24, 2.45) is 0 Å². The Kier molecular flexibility index (Phi) is 3.70. The summed E-state index contributed by atoms with van der Waals surface area (Å²) >= 11 is 3.66. The summed E-state index contributed by atoms with van der Waals surface area (Å²) in [6.45, 7) is 3.92. The number of hydrogen-bond acceptors (Lipinski definition) is 5. The van der Waals surface area contributed by atoms with Gasteiger partial charge in [0.2, 0.25) is 0 Å². The van der Waals surface area contributed by atoms with Crippen LogP contribution in [0.15, 0.2) is 28.8 Å². The van der Waals surface area contributed by atoms with Crippen molar-refractivity contribution in [1.82, 2.24) is 19.9 Å². The van der Waals surface area contributed by atoms with E-state index in [9.17, 15) is 0 Å². The lowest BCUT2D eigenvalue weighted by Gasteiger charge is -2.03. The number of aromatic nitrogens is 4. The maximum Gasteiger partial charge on any atom is 0.194 e. The molecule has 0 aliphatic heterocycles. The summed E-state index contributed by atoms with van der Waals surface area (Å²) in [6.07, 6.45) is 3.31. The molecule has 0 aliphatic carbocycles. The first-order valence-corrected chi connectivity index (χ1v) is 6.50. The van der Waals surface area contributed by atoms with Gasteiger partial charge in [0.15, 0.2) is 5.16 Å². The predicted octanol–water partition coefficient (Wildman–Crippen LogP) is 2.64. The Morgan fingerprint density at radius 3 is 2.50 bits per heavy atom. The topological polar surface area (TPSA) is 51.6 Å². The molecule has 2 rings (SSSR count). The zero-order valence-electron chi connectivity index (χ0n) is 8.81. The summed E-state index contributed by atoms with van der Waals surface area (Å²) in [4.78, 5) is 16.9. The predicted molar refractivity (Wildman–Crippen MR) is 70.4 cm³/mol. The van der Waals surface area contributed by atoms with Gasteiger partial charge in [0.25, 0.3) is 0 Å². The molecule has 2 heterocycles. The van der Waals surface area contributed by atoms with E-state index in [4.69, 9.17) is 0 Å². The third-order valence-electron chi connectivity index (χ3n) is 1.78. The molecule has 0 spiro atoms. The van der Waals surface area contributed by atoms with Crippen LogP contribution < -0.4 is 0 Å². The van der Waals surface area contributed by atoms with Gasteiger partial charge < -0.3 is 0 Å². The van der Waals surface area contributed by atoms with Gasteiger partial charge in [-0.1, -0.05) is 0 Å². The normalized spacial score (nSPS) is 10.4. The van der Waals surface area contributed by atoms with E-state index in [-0.39, 0.29) is 0 Å². The first-order chi connectivity index (χ1) is 7.65. The van der Waals surface area contributed by atoms with E-state index in [1.54, 1.807) is 6.20 Å². The highest BCUT2D eigenvalue weighted by molar-refractivity contribution is 14.1. The Bertz CT molecular complexity index is 498. The molecule has 0 radical (unpaired) electrons. The molecule has 4 nitrogen and oxygen atoms in total. The minimum atomic E-state index is 0.731. The van der Waals surface area contributed by atoms with E-state index in [0.717, 1.165) is 25.1 Å². The van der Waals surface area contributed by atoms with Crippen LogP contribution in [0.4, 0.5) is 0 Å². The fraction of sp³-hybridized carbons (Fsp3) is 0.200. The zero-order valence-corrected chi connectivity index (χ0v) is 11.8. The largest absolute Gasteiger partial charge is 0.244 e. The van der Waals surface area contributed by atoms with Gasteiger partial charge >= 0.3 is 0 Å². The Balaban J connectivity index is 2.30. The van der Waals surface area contributed by atoms with Gasteiger partial charge in [0, 0.05) is 17.6 Å². The van der Waals surface area contributed by atoms with Crippen LogP contribution in [0.25, 0.3) is 0 Å². The molecule has 0 atom stereocenters. The SMILES string of the molecule is Cc1cc(C)nc(Sc2ncncc2I)n1. The summed E-state index contributed by atoms with van der Waals surface area (Å²) in [5.74, 6) is 0. The first kappa shape index (κ1) is 11.7. The number of rotatable bonds is 2. The summed E-state index contributed by atoms with van der Waals surface area (Å²) in [5.41, 5.74) is 1.94. The van der Waals surface area contributed by atoms with E-state index in [1.165, 1.54) is 18.1 Å². The number of hydrogen-bond donors (Lipinski definition) is 0. The smallest absolute Gasteiger partial charge is 0.194 e. The van der Waals surface area contributed by atoms with Crippen LogP contribution in [-0.2, 0) is 0 Å². The molecule has 0 saturated heterocycles. The van der Waals surface area contributed by atoms with Crippen molar-refractivity contribution in [2.45, 2.75) is 24.0 Å². The van der Waals surface area contributed by atoms with Crippen molar-refractivity contribution in [1.29, 1.82) is 0 Å². The Morgan fingerprint density at radius 2 is 1.88 bits per heavy atom. The van der Waals surface area contributed by atoms with Crippen molar-refractivity contribution < 1.29 is 0 Å². The van der Waals surface area contributed by atoms with E-state index in [0.29, 0.717) is 0 Å². The first-order valence-electron chi connectivity index (χ1n) is 4.61. The molecule has 0 saturated carbocycles. The van der Waals surface area contributed by atoms with Gasteiger partial charge in [-0.15, -0.1) is 0 Å². The molecule has 0 fully saturated rings. The average Bonchev–Trinajstić information content (AvgIpc) is 2.20. The molecular weight excluding hydrogens is 335 g/mol. The highest BCUT2D eigenvalue weighted by Crippen LogP contribution is 2.26. The van der Waals surface area contributed by atoms with Gasteiger partial charge in [0.05, 0.1) is 3.57 Å². The van der Waals surface area contributed by atoms with Gasteiger partial charge in [-0.3, -0.25) is 0 Å². The minimum absolute atomic E-state index is 0.731. The minimum Gasteiger partial charge on any atom is -0.244 e. The molecule has 0 bridgehead atoms. The lowest BCUT2D eigenvalue weighted by Crippen LogP contribution is -1.94. The van der Waals surface area contributed by atoms with Crippen molar-refractivity contribution in [3.63, 3.8) is 0 Å². The third kappa shape index (κ3) is 2.88. The molecule has 2 aromatic rings. The molecule has 0 unspecified atom stereocenters. The Labute approximate surface area is 111 Å². The summed E-state index contributed by atoms with van der Waals surface area (Å²) in [5, 5.41) is 1.62. The number of aryl methyl sites for hydroxylation is 2. The highest BCUT2D eigenvalue weighted by atomic mass is 127. The van der Waals surface area contributed by atoms with Crippen LogP contribution in [0.1, 0.15) is 11.4 Å². The molecule has 0 amide bonds. The monoisotopic (exact) mass is 344 g/mol. The summed E-state index contributed by atoms with van der Waals surface area (Å²) in [7, 11) is 0. The Morgan fingerprint density at radius 1 is 1.19 bits per heavy atom. The molecule has 2 aromatic heterocycles. The van der Waals surface area contributed by atoms with Crippen LogP contribution in [0, 0.1) is 17.4 Å². The van der Waals surface area contributed by atoms with Crippen LogP contribution >= 0.6 is 34.4 Å². The van der Waals surface area contributed by atoms with Gasteiger partial charge in [-0.25, -0.2) is 19.9 Å². The zero-order chi connectivity index (χ0) is 11.5. The number of nitrogens with zero attached hydrogens (tertiary/aromatic N) is 4. The molecular formula is C10H9IN4S. The molecule has 82 valence electrons. The molecule has 0 N–H and O–H groups in total. The standard InChI is InChI=1S/C10H9IN4S/c1-6-3-7(2)15-10(14-6)16-9-8(11)4-12-5-13-9/h3-5H,1-2H3. The van der Waals surface area contributed by atoms with Crippen LogP contribution in [0.5, 0.6) is 0 Å². The third-order valence-corrected chi connectivity index (χ3v) is 3.82. The van der Waals surface area contributed by atoms with Gasteiger partial charge in [-0.2, -0.15) is 0 Å². The van der Waals surface area contributed by atoms with Crippen molar-refractivity contribution >= 4 is 34.4 Å². The second-order valence-electron chi connectivity index (χ2n) is 3.21. The second kappa shape index (κ2) is 5.05. The summed E-state index contributed by atoms with van der Waals surface area (Å²) < 4.78 is 1.01. The van der Waals surface area contributed by atoms with Gasteiger partial charge in [0.1, 0.15) is 11.4 Å². The van der Waals surface area contributed by atoms with Crippen LogP contribution in [0.3, 0.4) is 0 Å². The fourth-order valence-corrected chi connectivity index (χ4v) is 2.63. The molecule has 0 aliphatic rings. The van der Waals surface area contributed by atoms with Gasteiger partial charge in [-0.05, 0) is 54.3 Å². The highest BCUT2D eigenvalue weighted by Gasteiger charge is 2.06. The lowest BCUT2D eigenvalue weighted by atomic mass is 10.4. The lowest BCUT2D eigenvalue weighted by molar-refractivity contribution is 0.895. The van der Waals surface area contributed by atoms with Crippen LogP contribution in [-0.4, -0.2) is 19.9 Å². The maximum atomic E-state index is 4.36. The van der Waals surface area contributed by atoms with Crippen LogP contribution in [0.2, 0.25) is 0 Å². The molecule has 16 heavy (non-hydrogen) atoms. The van der Waals surface area contributed by atoms with Crippen molar-refractivity contribution in [3.05, 3.63) is 33.5 Å². The summed E-state index contributed by atoms with van der Waals surface area (Å²) in [6, 6.07) is 1.95. The quantitative estimate of drug-likeness (QED) is 0.476. The maximum absolute atomic E-state index is 4.36. The second-order valence-corrected chi connectivity index (χ2v) is 5.33. The number of halogens is 1. The van der Waals surface area contributed by atoms with E-state index in [1.807, 2.05) is 19.9 Å². The molecule has 0 aromatic carbocycles.